The first kappa shape index (κ1) is 20.4. The maximum atomic E-state index is 11.9. The first-order chi connectivity index (χ1) is 14.2. The molecule has 1 fully saturated rings. The van der Waals surface area contributed by atoms with Gasteiger partial charge >= 0.3 is 0 Å². The number of aromatic amines is 1. The minimum absolute atomic E-state index is 0.0630. The number of H-pyrrole nitrogens is 1. The molecule has 0 bridgehead atoms. The largest absolute Gasteiger partial charge is 0.354 e. The summed E-state index contributed by atoms with van der Waals surface area (Å²) in [4.78, 5) is 26.6. The number of fused-ring (bicyclic) bond motifs is 1. The summed E-state index contributed by atoms with van der Waals surface area (Å²) in [5.41, 5.74) is 5.36. The molecule has 1 aromatic carbocycles. The second-order valence-corrected chi connectivity index (χ2v) is 8.76. The third-order valence-corrected chi connectivity index (χ3v) is 6.87. The van der Waals surface area contributed by atoms with Gasteiger partial charge in [0.25, 0.3) is 0 Å². The van der Waals surface area contributed by atoms with Crippen LogP contribution in [0.25, 0.3) is 21.5 Å². The lowest BCUT2D eigenvalue weighted by atomic mass is 9.83. The summed E-state index contributed by atoms with van der Waals surface area (Å²) < 4.78 is 1.28. The van der Waals surface area contributed by atoms with Crippen molar-refractivity contribution in [2.75, 3.05) is 18.3 Å². The molecule has 0 spiro atoms. The number of alkyl halides is 1. The highest BCUT2D eigenvalue weighted by Crippen LogP contribution is 2.46. The van der Waals surface area contributed by atoms with Gasteiger partial charge in [-0.15, -0.1) is 22.9 Å². The van der Waals surface area contributed by atoms with Gasteiger partial charge in [-0.05, 0) is 36.5 Å². The number of para-hydroxylation sites is 1. The molecule has 0 saturated heterocycles. The zero-order valence-corrected chi connectivity index (χ0v) is 18.0. The topological polar surface area (TPSA) is 63.4 Å². The lowest BCUT2D eigenvalue weighted by Gasteiger charge is -2.23. The molecule has 0 atom stereocenters. The number of carbonyl (C=O) groups excluding carboxylic acids is 1. The van der Waals surface area contributed by atoms with Crippen LogP contribution in [0.1, 0.15) is 48.5 Å². The lowest BCUT2D eigenvalue weighted by Crippen LogP contribution is -2.13. The maximum absolute atomic E-state index is 11.9. The summed E-state index contributed by atoms with van der Waals surface area (Å²) in [5, 5.41) is 2.94. The Bertz CT molecular complexity index is 991. The highest BCUT2D eigenvalue weighted by atomic mass is 35.5. The Kier molecular flexibility index (Phi) is 6.55. The number of carbonyl (C=O) groups is 1. The quantitative estimate of drug-likeness (QED) is 0.265. The zero-order chi connectivity index (χ0) is 20.2. The number of thiophene rings is 1. The highest BCUT2D eigenvalue weighted by Gasteiger charge is 2.26. The van der Waals surface area contributed by atoms with Gasteiger partial charge in [0.2, 0.25) is 5.91 Å². The SMILES string of the molecule is COOCc1cc2[nH]c(-c3ccccc3NC(=O)CCl)c(C3CCCCC3)c2s1. The van der Waals surface area contributed by atoms with Gasteiger partial charge in [-0.3, -0.25) is 4.79 Å². The van der Waals surface area contributed by atoms with E-state index in [0.29, 0.717) is 12.5 Å². The van der Waals surface area contributed by atoms with E-state index in [9.17, 15) is 4.79 Å². The van der Waals surface area contributed by atoms with E-state index in [1.165, 1.54) is 49.5 Å². The van der Waals surface area contributed by atoms with Crippen molar-refractivity contribution in [1.29, 1.82) is 0 Å². The molecule has 2 aromatic heterocycles. The van der Waals surface area contributed by atoms with E-state index in [1.807, 2.05) is 18.2 Å². The van der Waals surface area contributed by atoms with Gasteiger partial charge < -0.3 is 10.3 Å². The molecule has 5 nitrogen and oxygen atoms in total. The summed E-state index contributed by atoms with van der Waals surface area (Å²) in [6.07, 6.45) is 6.20. The lowest BCUT2D eigenvalue weighted by molar-refractivity contribution is -0.281. The van der Waals surface area contributed by atoms with E-state index in [0.717, 1.165) is 27.3 Å². The first-order valence-electron chi connectivity index (χ1n) is 9.96. The molecule has 0 aliphatic heterocycles. The summed E-state index contributed by atoms with van der Waals surface area (Å²) in [6, 6.07) is 10.1. The Morgan fingerprint density at radius 1 is 1.28 bits per heavy atom. The molecule has 29 heavy (non-hydrogen) atoms. The van der Waals surface area contributed by atoms with Crippen molar-refractivity contribution in [2.24, 2.45) is 0 Å². The van der Waals surface area contributed by atoms with Crippen LogP contribution in [-0.2, 0) is 21.2 Å². The first-order valence-corrected chi connectivity index (χ1v) is 11.3. The van der Waals surface area contributed by atoms with Crippen LogP contribution in [0.5, 0.6) is 0 Å². The molecule has 1 aliphatic carbocycles. The van der Waals surface area contributed by atoms with Gasteiger partial charge in [-0.1, -0.05) is 37.5 Å². The van der Waals surface area contributed by atoms with Crippen molar-refractivity contribution < 1.29 is 14.6 Å². The Balaban J connectivity index is 1.81. The number of hydrogen-bond donors (Lipinski definition) is 2. The van der Waals surface area contributed by atoms with Crippen molar-refractivity contribution in [2.45, 2.75) is 44.6 Å². The number of anilines is 1. The molecule has 2 heterocycles. The van der Waals surface area contributed by atoms with Crippen molar-refractivity contribution in [3.05, 3.63) is 40.8 Å². The third kappa shape index (κ3) is 4.36. The van der Waals surface area contributed by atoms with E-state index < -0.39 is 0 Å². The number of hydrogen-bond acceptors (Lipinski definition) is 4. The Hall–Kier alpha value is -1.86. The van der Waals surface area contributed by atoms with Gasteiger partial charge in [0.1, 0.15) is 12.5 Å². The van der Waals surface area contributed by atoms with E-state index in [2.05, 4.69) is 22.4 Å². The number of rotatable bonds is 7. The van der Waals surface area contributed by atoms with Crippen molar-refractivity contribution >= 4 is 44.7 Å². The fourth-order valence-electron chi connectivity index (χ4n) is 4.23. The third-order valence-electron chi connectivity index (χ3n) is 5.48. The molecule has 0 radical (unpaired) electrons. The van der Waals surface area contributed by atoms with Crippen LogP contribution in [0.4, 0.5) is 5.69 Å². The molecule has 3 aromatic rings. The molecule has 0 unspecified atom stereocenters. The van der Waals surface area contributed by atoms with Crippen molar-refractivity contribution in [3.8, 4) is 11.3 Å². The monoisotopic (exact) mass is 432 g/mol. The van der Waals surface area contributed by atoms with Gasteiger partial charge in [0.15, 0.2) is 0 Å². The molecule has 154 valence electrons. The minimum atomic E-state index is -0.203. The number of amides is 1. The molecular weight excluding hydrogens is 408 g/mol. The van der Waals surface area contributed by atoms with Gasteiger partial charge in [-0.2, -0.15) is 0 Å². The molecule has 1 amide bonds. The standard InChI is InChI=1S/C22H25ClN2O3S/c1-27-28-13-15-11-18-22(29-15)20(14-7-3-2-4-8-14)21(25-18)16-9-5-6-10-17(16)24-19(26)12-23/h5-6,9-11,14,25H,2-4,7-8,12-13H2,1H3,(H,24,26). The van der Waals surface area contributed by atoms with Crippen LogP contribution < -0.4 is 5.32 Å². The fraction of sp³-hybridized carbons (Fsp3) is 0.409. The van der Waals surface area contributed by atoms with Crippen LogP contribution in [0.2, 0.25) is 0 Å². The van der Waals surface area contributed by atoms with E-state index in [-0.39, 0.29) is 11.8 Å². The smallest absolute Gasteiger partial charge is 0.239 e. The van der Waals surface area contributed by atoms with E-state index >= 15 is 0 Å². The molecule has 2 N–H and O–H groups in total. The molecule has 7 heteroatoms. The van der Waals surface area contributed by atoms with Gasteiger partial charge in [-0.25, -0.2) is 9.78 Å². The predicted molar refractivity (Wildman–Crippen MR) is 119 cm³/mol. The number of halogens is 1. The van der Waals surface area contributed by atoms with Crippen LogP contribution in [0.15, 0.2) is 30.3 Å². The summed E-state index contributed by atoms with van der Waals surface area (Å²) >= 11 is 7.47. The second kappa shape index (κ2) is 9.30. The fourth-order valence-corrected chi connectivity index (χ4v) is 5.44. The average molecular weight is 433 g/mol. The maximum Gasteiger partial charge on any atom is 0.239 e. The Labute approximate surface area is 179 Å². The van der Waals surface area contributed by atoms with Crippen molar-refractivity contribution in [3.63, 3.8) is 0 Å². The highest BCUT2D eigenvalue weighted by molar-refractivity contribution is 7.19. The predicted octanol–water partition coefficient (Wildman–Crippen LogP) is 6.20. The van der Waals surface area contributed by atoms with Gasteiger partial charge in [0, 0.05) is 10.4 Å². The van der Waals surface area contributed by atoms with Gasteiger partial charge in [0.05, 0.1) is 28.7 Å². The van der Waals surface area contributed by atoms with Crippen molar-refractivity contribution in [1.82, 2.24) is 4.98 Å². The van der Waals surface area contributed by atoms with Crippen LogP contribution in [0.3, 0.4) is 0 Å². The van der Waals surface area contributed by atoms with E-state index in [1.54, 1.807) is 11.3 Å². The summed E-state index contributed by atoms with van der Waals surface area (Å²) in [5.74, 6) is 0.247. The number of nitrogens with one attached hydrogen (secondary N) is 2. The zero-order valence-electron chi connectivity index (χ0n) is 16.4. The van der Waals surface area contributed by atoms with E-state index in [4.69, 9.17) is 21.4 Å². The van der Waals surface area contributed by atoms with Crippen LogP contribution >= 0.6 is 22.9 Å². The summed E-state index contributed by atoms with van der Waals surface area (Å²) in [6.45, 7) is 0.436. The molecule has 4 rings (SSSR count). The molecule has 1 saturated carbocycles. The van der Waals surface area contributed by atoms with Crippen LogP contribution in [0, 0.1) is 0 Å². The normalized spacial score (nSPS) is 15.1. The van der Waals surface area contributed by atoms with Crippen LogP contribution in [-0.4, -0.2) is 23.9 Å². The molecular formula is C22H25ClN2O3S. The Morgan fingerprint density at radius 3 is 2.83 bits per heavy atom. The molecule has 1 aliphatic rings. The number of benzene rings is 1. The summed E-state index contributed by atoms with van der Waals surface area (Å²) in [7, 11) is 1.52. The second-order valence-electron chi connectivity index (χ2n) is 7.36. The average Bonchev–Trinajstić information content (AvgIpc) is 3.30. The Morgan fingerprint density at radius 2 is 2.07 bits per heavy atom. The minimum Gasteiger partial charge on any atom is -0.354 e. The number of aromatic nitrogens is 1.